The summed E-state index contributed by atoms with van der Waals surface area (Å²) in [5.41, 5.74) is 0. The molecule has 0 aromatic heterocycles. The van der Waals surface area contributed by atoms with Crippen molar-refractivity contribution in [3.8, 4) is 5.75 Å². The van der Waals surface area contributed by atoms with E-state index in [2.05, 4.69) is 27.3 Å². The van der Waals surface area contributed by atoms with Gasteiger partial charge in [-0.1, -0.05) is 28.1 Å². The summed E-state index contributed by atoms with van der Waals surface area (Å²) in [5.74, 6) is 1.36. The Kier molecular flexibility index (Phi) is 6.90. The molecule has 1 saturated heterocycles. The molecule has 1 unspecified atom stereocenters. The Morgan fingerprint density at radius 1 is 1.29 bits per heavy atom. The highest BCUT2D eigenvalue weighted by Gasteiger charge is 2.25. The topological polar surface area (TPSA) is 41.6 Å². The summed E-state index contributed by atoms with van der Waals surface area (Å²) in [7, 11) is 1.95. The maximum absolute atomic E-state index is 12.3. The van der Waals surface area contributed by atoms with Gasteiger partial charge in [-0.2, -0.15) is 0 Å². The van der Waals surface area contributed by atoms with E-state index in [1.807, 2.05) is 42.3 Å². The molecule has 2 aromatic rings. The summed E-state index contributed by atoms with van der Waals surface area (Å²) in [5, 5.41) is 5.43. The van der Waals surface area contributed by atoms with Gasteiger partial charge in [0.2, 0.25) is 0 Å². The van der Waals surface area contributed by atoms with Crippen LogP contribution in [0.5, 0.6) is 5.75 Å². The molecule has 130 valence electrons. The van der Waals surface area contributed by atoms with Gasteiger partial charge in [0.15, 0.2) is 6.61 Å². The van der Waals surface area contributed by atoms with Gasteiger partial charge in [0, 0.05) is 17.6 Å². The Hall–Kier alpha value is -1.30. The van der Waals surface area contributed by atoms with Crippen LogP contribution in [0.3, 0.4) is 0 Å². The number of amides is 1. The second-order valence-corrected chi connectivity index (χ2v) is 6.91. The third-order valence-electron chi connectivity index (χ3n) is 4.27. The van der Waals surface area contributed by atoms with E-state index in [9.17, 15) is 4.79 Å². The number of fused-ring (bicyclic) bond motifs is 1. The maximum Gasteiger partial charge on any atom is 0.260 e. The first kappa shape index (κ1) is 19.0. The quantitative estimate of drug-likeness (QED) is 0.816. The first-order valence-electron chi connectivity index (χ1n) is 7.90. The molecule has 0 saturated carbocycles. The first-order chi connectivity index (χ1) is 11.2. The molecule has 0 radical (unpaired) electrons. The van der Waals surface area contributed by atoms with Crippen LogP contribution in [-0.2, 0) is 4.79 Å². The van der Waals surface area contributed by atoms with Crippen LogP contribution in [0.4, 0.5) is 0 Å². The number of rotatable bonds is 5. The minimum atomic E-state index is 0. The average Bonchev–Trinajstić information content (AvgIpc) is 3.01. The minimum Gasteiger partial charge on any atom is -0.484 e. The second-order valence-electron chi connectivity index (χ2n) is 5.99. The number of hydrogen-bond donors (Lipinski definition) is 1. The molecule has 1 fully saturated rings. The normalized spacial score (nSPS) is 16.9. The summed E-state index contributed by atoms with van der Waals surface area (Å²) < 4.78 is 6.75. The number of carbonyl (C=O) groups is 1. The van der Waals surface area contributed by atoms with Crippen LogP contribution in [0, 0.1) is 5.92 Å². The highest BCUT2D eigenvalue weighted by Crippen LogP contribution is 2.24. The third-order valence-corrected chi connectivity index (χ3v) is 4.76. The standard InChI is InChI=1S/C18H21BrN2O2.ClH/c1-20-10-13-6-7-21(11-13)18(22)12-23-17-5-3-14-8-16(19)4-2-15(14)9-17;/h2-5,8-9,13,20H,6-7,10-12H2,1H3;1H. The number of carbonyl (C=O) groups excluding carboxylic acids is 1. The van der Waals surface area contributed by atoms with Crippen molar-refractivity contribution in [1.29, 1.82) is 0 Å². The van der Waals surface area contributed by atoms with Gasteiger partial charge in [0.05, 0.1) is 0 Å². The second kappa shape index (κ2) is 8.70. The Labute approximate surface area is 157 Å². The summed E-state index contributed by atoms with van der Waals surface area (Å²) in [6.45, 7) is 2.73. The number of hydrogen-bond acceptors (Lipinski definition) is 3. The van der Waals surface area contributed by atoms with E-state index in [1.54, 1.807) is 0 Å². The number of ether oxygens (including phenoxy) is 1. The van der Waals surface area contributed by atoms with Crippen molar-refractivity contribution in [3.63, 3.8) is 0 Å². The van der Waals surface area contributed by atoms with Crippen molar-refractivity contribution in [2.75, 3.05) is 33.3 Å². The summed E-state index contributed by atoms with van der Waals surface area (Å²) >= 11 is 3.47. The fourth-order valence-corrected chi connectivity index (χ4v) is 3.41. The monoisotopic (exact) mass is 412 g/mol. The van der Waals surface area contributed by atoms with Gasteiger partial charge in [0.25, 0.3) is 5.91 Å². The lowest BCUT2D eigenvalue weighted by Gasteiger charge is -2.17. The van der Waals surface area contributed by atoms with Crippen molar-refractivity contribution in [2.45, 2.75) is 6.42 Å². The van der Waals surface area contributed by atoms with E-state index in [0.717, 1.165) is 47.0 Å². The first-order valence-corrected chi connectivity index (χ1v) is 8.69. The highest BCUT2D eigenvalue weighted by atomic mass is 79.9. The van der Waals surface area contributed by atoms with Crippen molar-refractivity contribution < 1.29 is 9.53 Å². The molecule has 1 N–H and O–H groups in total. The molecule has 1 heterocycles. The molecule has 0 spiro atoms. The zero-order chi connectivity index (χ0) is 16.2. The summed E-state index contributed by atoms with van der Waals surface area (Å²) in [4.78, 5) is 14.2. The van der Waals surface area contributed by atoms with Gasteiger partial charge in [-0.3, -0.25) is 4.79 Å². The Bertz CT molecular complexity index is 710. The van der Waals surface area contributed by atoms with E-state index >= 15 is 0 Å². The third kappa shape index (κ3) is 4.62. The predicted octanol–water partition coefficient (Wildman–Crippen LogP) is 3.47. The number of benzene rings is 2. The molecule has 1 amide bonds. The van der Waals surface area contributed by atoms with E-state index in [1.165, 1.54) is 0 Å². The number of nitrogens with one attached hydrogen (secondary N) is 1. The summed E-state index contributed by atoms with van der Waals surface area (Å²) in [6.07, 6.45) is 1.07. The van der Waals surface area contributed by atoms with Crippen molar-refractivity contribution >= 4 is 45.0 Å². The SMILES string of the molecule is CNCC1CCN(C(=O)COc2ccc3cc(Br)ccc3c2)C1.Cl. The van der Waals surface area contributed by atoms with E-state index < -0.39 is 0 Å². The molecule has 24 heavy (non-hydrogen) atoms. The molecule has 3 rings (SSSR count). The molecule has 2 aromatic carbocycles. The Balaban J connectivity index is 0.00000208. The van der Waals surface area contributed by atoms with Crippen molar-refractivity contribution in [3.05, 3.63) is 40.9 Å². The van der Waals surface area contributed by atoms with Gasteiger partial charge in [-0.05, 0) is 61.0 Å². The lowest BCUT2D eigenvalue weighted by molar-refractivity contribution is -0.132. The van der Waals surface area contributed by atoms with Gasteiger partial charge in [0.1, 0.15) is 5.75 Å². The van der Waals surface area contributed by atoms with Crippen molar-refractivity contribution in [1.82, 2.24) is 10.2 Å². The molecular formula is C18H22BrClN2O2. The predicted molar refractivity (Wildman–Crippen MR) is 103 cm³/mol. The molecule has 0 aliphatic carbocycles. The van der Waals surface area contributed by atoms with Crippen LogP contribution in [-0.4, -0.2) is 44.1 Å². The van der Waals surface area contributed by atoms with E-state index in [0.29, 0.717) is 5.92 Å². The zero-order valence-electron chi connectivity index (χ0n) is 13.6. The molecule has 6 heteroatoms. The van der Waals surface area contributed by atoms with Crippen LogP contribution in [0.25, 0.3) is 10.8 Å². The van der Waals surface area contributed by atoms with Crippen molar-refractivity contribution in [2.24, 2.45) is 5.92 Å². The maximum atomic E-state index is 12.3. The van der Waals surface area contributed by atoms with Crippen LogP contribution in [0.15, 0.2) is 40.9 Å². The Morgan fingerprint density at radius 3 is 2.83 bits per heavy atom. The molecule has 1 aliphatic heterocycles. The molecular weight excluding hydrogens is 392 g/mol. The van der Waals surface area contributed by atoms with Crippen LogP contribution >= 0.6 is 28.3 Å². The van der Waals surface area contributed by atoms with E-state index in [4.69, 9.17) is 4.74 Å². The minimum absolute atomic E-state index is 0. The zero-order valence-corrected chi connectivity index (χ0v) is 16.0. The van der Waals surface area contributed by atoms with Crippen LogP contribution < -0.4 is 10.1 Å². The lowest BCUT2D eigenvalue weighted by Crippen LogP contribution is -2.34. The fourth-order valence-electron chi connectivity index (χ4n) is 3.04. The number of nitrogens with zero attached hydrogens (tertiary/aromatic N) is 1. The lowest BCUT2D eigenvalue weighted by atomic mass is 10.1. The largest absolute Gasteiger partial charge is 0.484 e. The number of likely N-dealkylation sites (tertiary alicyclic amines) is 1. The summed E-state index contributed by atoms with van der Waals surface area (Å²) in [6, 6.07) is 12.0. The van der Waals surface area contributed by atoms with Gasteiger partial charge >= 0.3 is 0 Å². The highest BCUT2D eigenvalue weighted by molar-refractivity contribution is 9.10. The average molecular weight is 414 g/mol. The van der Waals surface area contributed by atoms with E-state index in [-0.39, 0.29) is 24.9 Å². The van der Waals surface area contributed by atoms with Crippen LogP contribution in [0.2, 0.25) is 0 Å². The smallest absolute Gasteiger partial charge is 0.260 e. The molecule has 1 aliphatic rings. The Morgan fingerprint density at radius 2 is 2.04 bits per heavy atom. The molecule has 1 atom stereocenters. The fraction of sp³-hybridized carbons (Fsp3) is 0.389. The van der Waals surface area contributed by atoms with Gasteiger partial charge in [-0.25, -0.2) is 0 Å². The van der Waals surface area contributed by atoms with Gasteiger partial charge in [-0.15, -0.1) is 12.4 Å². The van der Waals surface area contributed by atoms with Gasteiger partial charge < -0.3 is 15.0 Å². The van der Waals surface area contributed by atoms with Crippen LogP contribution in [0.1, 0.15) is 6.42 Å². The molecule has 0 bridgehead atoms. The molecule has 4 nitrogen and oxygen atoms in total. The number of halogens is 2.